The summed E-state index contributed by atoms with van der Waals surface area (Å²) in [5.74, 6) is -0.692. The third-order valence-corrected chi connectivity index (χ3v) is 6.79. The van der Waals surface area contributed by atoms with Crippen LogP contribution in [0.25, 0.3) is 0 Å². The molecule has 1 unspecified atom stereocenters. The highest BCUT2D eigenvalue weighted by atomic mass is 28.3. The molecule has 0 spiro atoms. The maximum atomic E-state index is 10.8. The molecular formula is C10H21NO2Si. The number of hydrogen-bond donors (Lipinski definition) is 2. The van der Waals surface area contributed by atoms with Gasteiger partial charge in [-0.3, -0.25) is 4.79 Å². The Morgan fingerprint density at radius 3 is 2.64 bits per heavy atom. The summed E-state index contributed by atoms with van der Waals surface area (Å²) < 4.78 is 0. The minimum Gasteiger partial charge on any atom is -0.481 e. The molecule has 3 N–H and O–H groups in total. The lowest BCUT2D eigenvalue weighted by molar-refractivity contribution is -0.139. The molecule has 0 aromatic heterocycles. The van der Waals surface area contributed by atoms with Gasteiger partial charge in [0.2, 0.25) is 0 Å². The lowest BCUT2D eigenvalue weighted by Crippen LogP contribution is -2.44. The highest BCUT2D eigenvalue weighted by Crippen LogP contribution is 2.43. The van der Waals surface area contributed by atoms with Crippen LogP contribution in [0.4, 0.5) is 0 Å². The predicted octanol–water partition coefficient (Wildman–Crippen LogP) is 1.91. The zero-order valence-electron chi connectivity index (χ0n) is 9.18. The molecule has 1 saturated heterocycles. The lowest BCUT2D eigenvalue weighted by atomic mass is 9.81. The summed E-state index contributed by atoms with van der Waals surface area (Å²) in [5, 5.41) is 8.89. The third-order valence-electron chi connectivity index (χ3n) is 3.37. The van der Waals surface area contributed by atoms with Crippen LogP contribution in [-0.2, 0) is 4.79 Å². The van der Waals surface area contributed by atoms with Gasteiger partial charge < -0.3 is 10.8 Å². The van der Waals surface area contributed by atoms with Crippen molar-refractivity contribution in [1.82, 2.24) is 0 Å². The van der Waals surface area contributed by atoms with E-state index in [0.29, 0.717) is 6.54 Å². The van der Waals surface area contributed by atoms with Gasteiger partial charge in [-0.15, -0.1) is 0 Å². The summed E-state index contributed by atoms with van der Waals surface area (Å²) in [6, 6.07) is 2.41. The quantitative estimate of drug-likeness (QED) is 0.707. The van der Waals surface area contributed by atoms with Crippen molar-refractivity contribution in [2.24, 2.45) is 11.1 Å². The Labute approximate surface area is 86.7 Å². The van der Waals surface area contributed by atoms with Gasteiger partial charge in [-0.2, -0.15) is 0 Å². The normalized spacial score (nSPS) is 31.4. The van der Waals surface area contributed by atoms with Gasteiger partial charge in [0.05, 0.1) is 6.42 Å². The Hall–Kier alpha value is -0.353. The maximum absolute atomic E-state index is 10.8. The van der Waals surface area contributed by atoms with E-state index in [2.05, 4.69) is 13.1 Å². The minimum atomic E-state index is -1.16. The van der Waals surface area contributed by atoms with E-state index < -0.39 is 14.0 Å². The number of carbonyl (C=O) groups is 1. The molecule has 0 saturated carbocycles. The van der Waals surface area contributed by atoms with E-state index in [1.165, 1.54) is 12.5 Å². The Kier molecular flexibility index (Phi) is 3.37. The number of hydrogen-bond acceptors (Lipinski definition) is 2. The van der Waals surface area contributed by atoms with Crippen LogP contribution in [0.3, 0.4) is 0 Å². The van der Waals surface area contributed by atoms with Crippen LogP contribution < -0.4 is 5.73 Å². The van der Waals surface area contributed by atoms with Gasteiger partial charge in [0.15, 0.2) is 0 Å². The molecule has 1 rings (SSSR count). The smallest absolute Gasteiger partial charge is 0.303 e. The van der Waals surface area contributed by atoms with Crippen molar-refractivity contribution >= 4 is 14.0 Å². The molecule has 0 bridgehead atoms. The van der Waals surface area contributed by atoms with Crippen molar-refractivity contribution in [2.75, 3.05) is 6.54 Å². The van der Waals surface area contributed by atoms with Crippen LogP contribution in [0.1, 0.15) is 19.3 Å². The fourth-order valence-corrected chi connectivity index (χ4v) is 6.64. The topological polar surface area (TPSA) is 63.3 Å². The summed E-state index contributed by atoms with van der Waals surface area (Å²) in [5.41, 5.74) is 5.68. The Morgan fingerprint density at radius 1 is 1.57 bits per heavy atom. The first kappa shape index (κ1) is 11.7. The second kappa shape index (κ2) is 4.02. The monoisotopic (exact) mass is 215 g/mol. The van der Waals surface area contributed by atoms with Crippen LogP contribution in [-0.4, -0.2) is 25.7 Å². The SMILES string of the molecule is C[Si]1(C)CCCC(CN)(CC(=O)O)C1. The molecule has 1 atom stereocenters. The number of carboxylic acid groups (broad SMARTS) is 1. The number of carboxylic acids is 1. The van der Waals surface area contributed by atoms with Crippen molar-refractivity contribution in [1.29, 1.82) is 0 Å². The number of nitrogens with two attached hydrogens (primary N) is 1. The molecule has 0 aromatic rings. The van der Waals surface area contributed by atoms with Crippen molar-refractivity contribution in [2.45, 2.75) is 44.4 Å². The third kappa shape index (κ3) is 2.82. The van der Waals surface area contributed by atoms with Crippen LogP contribution in [0.2, 0.25) is 25.2 Å². The van der Waals surface area contributed by atoms with Gasteiger partial charge in [-0.1, -0.05) is 31.6 Å². The largest absolute Gasteiger partial charge is 0.481 e. The van der Waals surface area contributed by atoms with Crippen molar-refractivity contribution in [3.05, 3.63) is 0 Å². The van der Waals surface area contributed by atoms with Crippen LogP contribution >= 0.6 is 0 Å². The molecule has 14 heavy (non-hydrogen) atoms. The molecule has 0 amide bonds. The van der Waals surface area contributed by atoms with E-state index in [0.717, 1.165) is 12.5 Å². The Balaban J connectivity index is 2.73. The van der Waals surface area contributed by atoms with E-state index in [1.54, 1.807) is 0 Å². The molecule has 3 nitrogen and oxygen atoms in total. The molecule has 0 radical (unpaired) electrons. The van der Waals surface area contributed by atoms with Crippen molar-refractivity contribution < 1.29 is 9.90 Å². The Morgan fingerprint density at radius 2 is 2.21 bits per heavy atom. The highest BCUT2D eigenvalue weighted by Gasteiger charge is 2.41. The lowest BCUT2D eigenvalue weighted by Gasteiger charge is -2.42. The average Bonchev–Trinajstić information content (AvgIpc) is 2.01. The van der Waals surface area contributed by atoms with E-state index in [4.69, 9.17) is 10.8 Å². The second-order valence-electron chi connectivity index (χ2n) is 5.47. The zero-order valence-corrected chi connectivity index (χ0v) is 10.2. The summed E-state index contributed by atoms with van der Waals surface area (Å²) in [7, 11) is -1.16. The highest BCUT2D eigenvalue weighted by molar-refractivity contribution is 6.77. The molecule has 0 aromatic carbocycles. The molecule has 0 aliphatic carbocycles. The van der Waals surface area contributed by atoms with Crippen LogP contribution in [0.15, 0.2) is 0 Å². The fourth-order valence-electron chi connectivity index (χ4n) is 2.85. The van der Waals surface area contributed by atoms with Gasteiger partial charge in [0.1, 0.15) is 0 Å². The molecule has 1 aliphatic rings. The second-order valence-corrected chi connectivity index (χ2v) is 10.7. The zero-order chi connectivity index (χ0) is 10.8. The van der Waals surface area contributed by atoms with E-state index >= 15 is 0 Å². The van der Waals surface area contributed by atoms with E-state index in [9.17, 15) is 4.79 Å². The fraction of sp³-hybridized carbons (Fsp3) is 0.900. The average molecular weight is 215 g/mol. The summed E-state index contributed by atoms with van der Waals surface area (Å²) in [6.45, 7) is 5.23. The summed E-state index contributed by atoms with van der Waals surface area (Å²) in [6.07, 6.45) is 2.44. The maximum Gasteiger partial charge on any atom is 0.303 e. The molecule has 1 aliphatic heterocycles. The van der Waals surface area contributed by atoms with Crippen LogP contribution in [0.5, 0.6) is 0 Å². The summed E-state index contributed by atoms with van der Waals surface area (Å²) in [4.78, 5) is 10.8. The molecule has 82 valence electrons. The van der Waals surface area contributed by atoms with Crippen molar-refractivity contribution in [3.63, 3.8) is 0 Å². The van der Waals surface area contributed by atoms with E-state index in [-0.39, 0.29) is 11.8 Å². The molecule has 4 heteroatoms. The van der Waals surface area contributed by atoms with Gasteiger partial charge in [0.25, 0.3) is 0 Å². The van der Waals surface area contributed by atoms with E-state index in [1.807, 2.05) is 0 Å². The van der Waals surface area contributed by atoms with Gasteiger partial charge in [-0.05, 0) is 18.4 Å². The first-order chi connectivity index (χ1) is 6.39. The van der Waals surface area contributed by atoms with Gasteiger partial charge >= 0.3 is 5.97 Å². The number of rotatable bonds is 3. The van der Waals surface area contributed by atoms with Crippen molar-refractivity contribution in [3.8, 4) is 0 Å². The molecular weight excluding hydrogens is 194 g/mol. The minimum absolute atomic E-state index is 0.0835. The predicted molar refractivity (Wildman–Crippen MR) is 60.1 cm³/mol. The molecule has 1 fully saturated rings. The molecule has 1 heterocycles. The van der Waals surface area contributed by atoms with Crippen LogP contribution in [0, 0.1) is 5.41 Å². The first-order valence-corrected chi connectivity index (χ1v) is 8.73. The Bertz CT molecular complexity index is 230. The van der Waals surface area contributed by atoms with Gasteiger partial charge in [-0.25, -0.2) is 0 Å². The number of aliphatic carboxylic acids is 1. The van der Waals surface area contributed by atoms with Gasteiger partial charge in [0, 0.05) is 8.07 Å². The summed E-state index contributed by atoms with van der Waals surface area (Å²) >= 11 is 0. The standard InChI is InChI=1S/C10H21NO2Si/c1-14(2)5-3-4-10(7-11,8-14)6-9(12)13/h3-8,11H2,1-2H3,(H,12,13). The first-order valence-electron chi connectivity index (χ1n) is 5.31.